The molecule has 0 bridgehead atoms. The van der Waals surface area contributed by atoms with Gasteiger partial charge in [-0.05, 0) is 36.8 Å². The van der Waals surface area contributed by atoms with Crippen molar-refractivity contribution >= 4 is 5.70 Å². The molecule has 6 heteroatoms. The van der Waals surface area contributed by atoms with Gasteiger partial charge in [-0.3, -0.25) is 4.79 Å². The maximum atomic E-state index is 12.7. The van der Waals surface area contributed by atoms with Crippen molar-refractivity contribution in [2.24, 2.45) is 0 Å². The first-order valence-electron chi connectivity index (χ1n) is 9.54. The number of allylic oxidation sites excluding steroid dienone is 10. The van der Waals surface area contributed by atoms with E-state index in [1.54, 1.807) is 16.9 Å². The van der Waals surface area contributed by atoms with Crippen LogP contribution in [0.15, 0.2) is 108 Å². The summed E-state index contributed by atoms with van der Waals surface area (Å²) in [4.78, 5) is 12.7. The molecule has 148 valence electrons. The number of nitrogens with zero attached hydrogens (tertiary/aromatic N) is 4. The average molecular weight is 396 g/mol. The lowest BCUT2D eigenvalue weighted by molar-refractivity contribution is 0.462. The van der Waals surface area contributed by atoms with E-state index in [2.05, 4.69) is 10.2 Å². The highest BCUT2D eigenvalue weighted by Gasteiger charge is 2.17. The predicted octanol–water partition coefficient (Wildman–Crippen LogP) is 4.27. The molecule has 1 N–H and O–H groups in total. The van der Waals surface area contributed by atoms with Gasteiger partial charge in [0.25, 0.3) is 5.43 Å². The molecule has 0 saturated heterocycles. The van der Waals surface area contributed by atoms with Crippen LogP contribution in [0.4, 0.5) is 0 Å². The van der Waals surface area contributed by atoms with Crippen molar-refractivity contribution < 1.29 is 5.11 Å². The fourth-order valence-electron chi connectivity index (χ4n) is 3.01. The summed E-state index contributed by atoms with van der Waals surface area (Å²) >= 11 is 0. The fraction of sp³-hybridized carbons (Fsp3) is 0.0417. The highest BCUT2D eigenvalue weighted by molar-refractivity contribution is 5.63. The molecule has 2 heterocycles. The summed E-state index contributed by atoms with van der Waals surface area (Å²) in [7, 11) is 0. The van der Waals surface area contributed by atoms with Gasteiger partial charge in [0.15, 0.2) is 11.4 Å². The lowest BCUT2D eigenvalue weighted by Crippen LogP contribution is -2.16. The highest BCUT2D eigenvalue weighted by Crippen LogP contribution is 2.20. The van der Waals surface area contributed by atoms with Gasteiger partial charge in [-0.25, -0.2) is 9.36 Å². The van der Waals surface area contributed by atoms with Crippen LogP contribution in [0, 0.1) is 0 Å². The Bertz CT molecular complexity index is 1240. The molecule has 1 aliphatic carbocycles. The maximum absolute atomic E-state index is 12.7. The molecule has 3 aromatic rings. The monoisotopic (exact) mass is 396 g/mol. The molecule has 0 atom stereocenters. The van der Waals surface area contributed by atoms with E-state index < -0.39 is 5.43 Å². The molecular weight excluding hydrogens is 376 g/mol. The van der Waals surface area contributed by atoms with Crippen molar-refractivity contribution in [2.45, 2.75) is 6.42 Å². The maximum Gasteiger partial charge on any atom is 0.251 e. The molecule has 1 aliphatic rings. The molecule has 0 amide bonds. The smallest absolute Gasteiger partial charge is 0.251 e. The van der Waals surface area contributed by atoms with Crippen molar-refractivity contribution in [3.63, 3.8) is 0 Å². The lowest BCUT2D eigenvalue weighted by atomic mass is 10.2. The number of rotatable bonds is 3. The Morgan fingerprint density at radius 2 is 1.73 bits per heavy atom. The number of benzene rings is 1. The molecule has 0 spiro atoms. The predicted molar refractivity (Wildman–Crippen MR) is 118 cm³/mol. The van der Waals surface area contributed by atoms with E-state index in [1.165, 1.54) is 10.9 Å². The topological polar surface area (TPSA) is 72.9 Å². The van der Waals surface area contributed by atoms with Crippen LogP contribution in [-0.2, 0) is 0 Å². The van der Waals surface area contributed by atoms with E-state index in [0.29, 0.717) is 11.4 Å². The summed E-state index contributed by atoms with van der Waals surface area (Å²) < 4.78 is 3.12. The van der Waals surface area contributed by atoms with Gasteiger partial charge in [0.2, 0.25) is 0 Å². The number of aromatic nitrogens is 4. The molecule has 0 unspecified atom stereocenters. The standard InChI is InChI=1S/C24H20N4O2/c29-22-18-27(19-12-8-5-3-1-2-4-6-9-13-19)26-23(24(22)30)21-16-17-25-28(21)20-14-10-7-11-15-20/h1,3-18,29H,2H2/b3-1-,6-4-,8-5-,13-9-,19-12+. The third-order valence-electron chi connectivity index (χ3n) is 4.46. The normalized spacial score (nSPS) is 19.8. The molecule has 0 fully saturated rings. The molecule has 4 rings (SSSR count). The molecule has 0 saturated carbocycles. The van der Waals surface area contributed by atoms with Crippen molar-refractivity contribution in [3.8, 4) is 22.8 Å². The fourth-order valence-corrected chi connectivity index (χ4v) is 3.01. The van der Waals surface area contributed by atoms with E-state index >= 15 is 0 Å². The number of hydrogen-bond acceptors (Lipinski definition) is 4. The van der Waals surface area contributed by atoms with Crippen LogP contribution in [0.3, 0.4) is 0 Å². The van der Waals surface area contributed by atoms with Crippen LogP contribution in [0.5, 0.6) is 5.75 Å². The summed E-state index contributed by atoms with van der Waals surface area (Å²) in [6, 6.07) is 11.2. The zero-order valence-corrected chi connectivity index (χ0v) is 16.2. The van der Waals surface area contributed by atoms with E-state index in [9.17, 15) is 9.90 Å². The zero-order valence-electron chi connectivity index (χ0n) is 16.2. The third-order valence-corrected chi connectivity index (χ3v) is 4.46. The summed E-state index contributed by atoms with van der Waals surface area (Å²) in [6.45, 7) is 0. The summed E-state index contributed by atoms with van der Waals surface area (Å²) in [6.07, 6.45) is 21.2. The van der Waals surface area contributed by atoms with Crippen LogP contribution in [0.25, 0.3) is 22.8 Å². The van der Waals surface area contributed by atoms with Gasteiger partial charge < -0.3 is 5.11 Å². The summed E-state index contributed by atoms with van der Waals surface area (Å²) in [5, 5.41) is 19.2. The molecule has 0 radical (unpaired) electrons. The van der Waals surface area contributed by atoms with Crippen molar-refractivity contribution in [2.75, 3.05) is 0 Å². The quantitative estimate of drug-likeness (QED) is 0.718. The Labute approximate surface area is 173 Å². The second-order valence-electron chi connectivity index (χ2n) is 6.53. The molecule has 1 aromatic carbocycles. The van der Waals surface area contributed by atoms with E-state index in [0.717, 1.165) is 12.1 Å². The lowest BCUT2D eigenvalue weighted by Gasteiger charge is -2.11. The first-order valence-corrected chi connectivity index (χ1v) is 9.54. The first-order chi connectivity index (χ1) is 14.7. The minimum atomic E-state index is -0.552. The third kappa shape index (κ3) is 4.12. The first kappa shape index (κ1) is 19.1. The minimum Gasteiger partial charge on any atom is -0.503 e. The molecule has 0 aliphatic heterocycles. The molecule has 2 aromatic heterocycles. The Kier molecular flexibility index (Phi) is 5.66. The highest BCUT2D eigenvalue weighted by atomic mass is 16.3. The Hall–Kier alpha value is -4.19. The van der Waals surface area contributed by atoms with E-state index in [1.807, 2.05) is 85.0 Å². The van der Waals surface area contributed by atoms with Crippen molar-refractivity contribution in [1.82, 2.24) is 19.6 Å². The second-order valence-corrected chi connectivity index (χ2v) is 6.53. The van der Waals surface area contributed by atoms with Crippen molar-refractivity contribution in [3.05, 3.63) is 114 Å². The second kappa shape index (κ2) is 8.87. The molecular formula is C24H20N4O2. The van der Waals surface area contributed by atoms with Gasteiger partial charge in [-0.1, -0.05) is 60.7 Å². The SMILES string of the molecule is O=c1c(O)cn(C2=C/C=C\C=C/C\C=C/C=C\2)nc1-c1ccnn1-c1ccccc1. The summed E-state index contributed by atoms with van der Waals surface area (Å²) in [5.41, 5.74) is 1.54. The van der Waals surface area contributed by atoms with Crippen LogP contribution in [0.1, 0.15) is 6.42 Å². The zero-order chi connectivity index (χ0) is 20.8. The van der Waals surface area contributed by atoms with Gasteiger partial charge in [-0.15, -0.1) is 0 Å². The molecule has 30 heavy (non-hydrogen) atoms. The Balaban J connectivity index is 1.84. The molecule has 6 nitrogen and oxygen atoms in total. The number of hydrogen-bond donors (Lipinski definition) is 1. The van der Waals surface area contributed by atoms with Gasteiger partial charge >= 0.3 is 0 Å². The van der Waals surface area contributed by atoms with E-state index in [4.69, 9.17) is 0 Å². The van der Waals surface area contributed by atoms with E-state index in [-0.39, 0.29) is 11.4 Å². The van der Waals surface area contributed by atoms with Crippen molar-refractivity contribution in [1.29, 1.82) is 0 Å². The van der Waals surface area contributed by atoms with Gasteiger partial charge in [0.05, 0.1) is 29.5 Å². The number of para-hydroxylation sites is 1. The van der Waals surface area contributed by atoms with Gasteiger partial charge in [0.1, 0.15) is 0 Å². The summed E-state index contributed by atoms with van der Waals surface area (Å²) in [5.74, 6) is -0.385. The van der Waals surface area contributed by atoms with Gasteiger partial charge in [0, 0.05) is 0 Å². The largest absolute Gasteiger partial charge is 0.503 e. The van der Waals surface area contributed by atoms with Crippen LogP contribution < -0.4 is 5.43 Å². The van der Waals surface area contributed by atoms with Crippen LogP contribution in [0.2, 0.25) is 0 Å². The average Bonchev–Trinajstić information content (AvgIpc) is 3.23. The number of aromatic hydroxyl groups is 1. The Morgan fingerprint density at radius 3 is 2.57 bits per heavy atom. The van der Waals surface area contributed by atoms with Gasteiger partial charge in [-0.2, -0.15) is 10.2 Å². The van der Waals surface area contributed by atoms with Crippen LogP contribution in [-0.4, -0.2) is 24.7 Å². The Morgan fingerprint density at radius 1 is 0.933 bits per heavy atom. The van der Waals surface area contributed by atoms with Crippen LogP contribution >= 0.6 is 0 Å². The minimum absolute atomic E-state index is 0.111.